The number of H-pyrrole nitrogens is 1. The van der Waals surface area contributed by atoms with Crippen molar-refractivity contribution in [3.05, 3.63) is 58.9 Å². The average molecular weight is 392 g/mol. The van der Waals surface area contributed by atoms with Crippen LogP contribution in [0.5, 0.6) is 0 Å². The molecule has 2 aromatic carbocycles. The highest BCUT2D eigenvalue weighted by Gasteiger charge is 2.20. The monoisotopic (exact) mass is 392 g/mol. The molecule has 0 atom stereocenters. The fourth-order valence-corrected chi connectivity index (χ4v) is 4.08. The molecule has 0 saturated carbocycles. The number of nitrogens with zero attached hydrogens (tertiary/aromatic N) is 3. The van der Waals surface area contributed by atoms with Crippen LogP contribution < -0.4 is 0 Å². The zero-order valence-electron chi connectivity index (χ0n) is 13.1. The van der Waals surface area contributed by atoms with Crippen LogP contribution in [0.2, 0.25) is 0 Å². The number of hydrogen-bond donors (Lipinski definition) is 1. The Morgan fingerprint density at radius 2 is 1.92 bits per heavy atom. The van der Waals surface area contributed by atoms with Crippen LogP contribution in [0.25, 0.3) is 21.6 Å². The summed E-state index contributed by atoms with van der Waals surface area (Å²) in [6.45, 7) is 0. The minimum Gasteiger partial charge on any atom is -0.274 e. The second kappa shape index (κ2) is 7.08. The molecule has 0 saturated heterocycles. The number of rotatable bonds is 5. The van der Waals surface area contributed by atoms with Gasteiger partial charge in [0.15, 0.2) is 10.0 Å². The maximum absolute atomic E-state index is 14.4. The van der Waals surface area contributed by atoms with E-state index in [1.165, 1.54) is 17.8 Å². The Morgan fingerprint density at radius 1 is 1.12 bits per heavy atom. The smallest absolute Gasteiger partial charge is 0.274 e. The summed E-state index contributed by atoms with van der Waals surface area (Å²) in [5, 5.41) is 14.2. The molecule has 0 bridgehead atoms. The number of benzene rings is 2. The maximum Gasteiger partial charge on any atom is 0.291 e. The summed E-state index contributed by atoms with van der Waals surface area (Å²) in [6, 6.07) is 13.1. The minimum atomic E-state index is -2.69. The first kappa shape index (κ1) is 17.0. The van der Waals surface area contributed by atoms with Crippen molar-refractivity contribution < 1.29 is 13.2 Å². The quantitative estimate of drug-likeness (QED) is 0.459. The Morgan fingerprint density at radius 3 is 2.65 bits per heavy atom. The van der Waals surface area contributed by atoms with Crippen LogP contribution >= 0.6 is 23.1 Å². The van der Waals surface area contributed by atoms with Crippen molar-refractivity contribution in [1.82, 2.24) is 20.4 Å². The highest BCUT2D eigenvalue weighted by atomic mass is 32.2. The van der Waals surface area contributed by atoms with Crippen LogP contribution in [-0.2, 0) is 5.75 Å². The van der Waals surface area contributed by atoms with Crippen molar-refractivity contribution in [3.63, 3.8) is 0 Å². The molecule has 4 nitrogen and oxygen atoms in total. The Labute approximate surface area is 154 Å². The molecule has 0 aliphatic carbocycles. The van der Waals surface area contributed by atoms with Crippen molar-refractivity contribution in [1.29, 1.82) is 0 Å². The topological polar surface area (TPSA) is 54.5 Å². The zero-order chi connectivity index (χ0) is 18.1. The van der Waals surface area contributed by atoms with Gasteiger partial charge in [-0.15, -0.1) is 22.0 Å². The third-order valence-corrected chi connectivity index (χ3v) is 5.66. The van der Waals surface area contributed by atoms with Gasteiger partial charge in [-0.1, -0.05) is 41.7 Å². The lowest BCUT2D eigenvalue weighted by atomic mass is 10.2. The van der Waals surface area contributed by atoms with E-state index in [2.05, 4.69) is 20.4 Å². The van der Waals surface area contributed by atoms with E-state index in [9.17, 15) is 13.2 Å². The van der Waals surface area contributed by atoms with Crippen molar-refractivity contribution in [3.8, 4) is 10.7 Å². The van der Waals surface area contributed by atoms with Gasteiger partial charge in [-0.3, -0.25) is 5.10 Å². The molecule has 0 aliphatic rings. The summed E-state index contributed by atoms with van der Waals surface area (Å²) in [6.07, 6.45) is -2.69. The molecular weight excluding hydrogens is 381 g/mol. The van der Waals surface area contributed by atoms with E-state index in [0.717, 1.165) is 21.8 Å². The van der Waals surface area contributed by atoms with E-state index in [1.54, 1.807) is 6.07 Å². The fraction of sp³-hybridized carbons (Fsp3) is 0.118. The molecule has 0 unspecified atom stereocenters. The number of alkyl halides is 2. The Hall–Kier alpha value is -2.39. The predicted octanol–water partition coefficient (Wildman–Crippen LogP) is 5.45. The van der Waals surface area contributed by atoms with Gasteiger partial charge in [0.2, 0.25) is 0 Å². The molecule has 2 aromatic heterocycles. The van der Waals surface area contributed by atoms with Gasteiger partial charge in [0.05, 0.1) is 0 Å². The summed E-state index contributed by atoms with van der Waals surface area (Å²) in [7, 11) is 0. The molecule has 0 aliphatic heterocycles. The third kappa shape index (κ3) is 3.32. The second-order valence-corrected chi connectivity index (χ2v) is 7.48. The molecule has 2 heterocycles. The molecule has 4 aromatic rings. The van der Waals surface area contributed by atoms with Gasteiger partial charge in [0.1, 0.15) is 17.0 Å². The van der Waals surface area contributed by atoms with Crippen LogP contribution in [0.1, 0.15) is 17.0 Å². The fourth-order valence-electron chi connectivity index (χ4n) is 2.46. The highest BCUT2D eigenvalue weighted by Crippen LogP contribution is 2.35. The third-order valence-electron chi connectivity index (χ3n) is 3.68. The molecular formula is C17H11F3N4S2. The number of fused-ring (bicyclic) bond motifs is 1. The van der Waals surface area contributed by atoms with Crippen LogP contribution in [-0.4, -0.2) is 20.4 Å². The van der Waals surface area contributed by atoms with E-state index in [1.807, 2.05) is 30.3 Å². The van der Waals surface area contributed by atoms with Crippen LogP contribution in [0.4, 0.5) is 13.2 Å². The van der Waals surface area contributed by atoms with Crippen molar-refractivity contribution in [2.24, 2.45) is 0 Å². The number of nitrogens with one attached hydrogen (secondary N) is 1. The van der Waals surface area contributed by atoms with Gasteiger partial charge in [0, 0.05) is 16.0 Å². The van der Waals surface area contributed by atoms with E-state index in [4.69, 9.17) is 0 Å². The molecule has 0 amide bonds. The summed E-state index contributed by atoms with van der Waals surface area (Å²) in [5.74, 6) is 0.239. The van der Waals surface area contributed by atoms with Crippen LogP contribution in [0, 0.1) is 5.82 Å². The Bertz CT molecular complexity index is 1050. The normalized spacial score (nSPS) is 11.5. The zero-order valence-corrected chi connectivity index (χ0v) is 14.8. The Balaban J connectivity index is 1.68. The molecule has 0 spiro atoms. The molecule has 9 heteroatoms. The SMILES string of the molecule is Fc1cc(SCc2ccccc2)cc2c(-c3nnc(C(F)F)s3)n[nH]c12. The summed E-state index contributed by atoms with van der Waals surface area (Å²) >= 11 is 2.24. The van der Waals surface area contributed by atoms with Gasteiger partial charge in [0.25, 0.3) is 6.43 Å². The Kier molecular flexibility index (Phi) is 4.64. The van der Waals surface area contributed by atoms with Crippen molar-refractivity contribution >= 4 is 34.0 Å². The highest BCUT2D eigenvalue weighted by molar-refractivity contribution is 7.98. The average Bonchev–Trinajstić information content (AvgIpc) is 3.28. The standard InChI is InChI=1S/C17H11F3N4S2/c18-12-7-10(25-8-9-4-2-1-3-5-9)6-11-13(12)21-22-14(11)16-23-24-17(26-16)15(19)20/h1-7,15H,8H2,(H,21,22). The summed E-state index contributed by atoms with van der Waals surface area (Å²) in [5.41, 5.74) is 1.67. The van der Waals surface area contributed by atoms with E-state index >= 15 is 0 Å². The van der Waals surface area contributed by atoms with Gasteiger partial charge in [-0.05, 0) is 17.7 Å². The predicted molar refractivity (Wildman–Crippen MR) is 95.9 cm³/mol. The van der Waals surface area contributed by atoms with Crippen LogP contribution in [0.15, 0.2) is 47.4 Å². The van der Waals surface area contributed by atoms with Crippen molar-refractivity contribution in [2.75, 3.05) is 0 Å². The largest absolute Gasteiger partial charge is 0.291 e. The molecule has 4 rings (SSSR count). The first-order chi connectivity index (χ1) is 12.6. The van der Waals surface area contributed by atoms with E-state index in [-0.39, 0.29) is 15.5 Å². The van der Waals surface area contributed by atoms with Gasteiger partial charge in [-0.25, -0.2) is 13.2 Å². The van der Waals surface area contributed by atoms with Gasteiger partial charge in [-0.2, -0.15) is 5.10 Å². The number of thioether (sulfide) groups is 1. The van der Waals surface area contributed by atoms with Crippen molar-refractivity contribution in [2.45, 2.75) is 17.1 Å². The lowest BCUT2D eigenvalue weighted by Crippen LogP contribution is -1.84. The molecule has 132 valence electrons. The lowest BCUT2D eigenvalue weighted by Gasteiger charge is -2.03. The molecule has 1 N–H and O–H groups in total. The summed E-state index contributed by atoms with van der Waals surface area (Å²) < 4.78 is 39.9. The maximum atomic E-state index is 14.4. The number of aromatic nitrogens is 4. The van der Waals surface area contributed by atoms with E-state index in [0.29, 0.717) is 16.8 Å². The number of hydrogen-bond acceptors (Lipinski definition) is 5. The molecule has 0 radical (unpaired) electrons. The number of aromatic amines is 1. The van der Waals surface area contributed by atoms with Crippen LogP contribution in [0.3, 0.4) is 0 Å². The van der Waals surface area contributed by atoms with Gasteiger partial charge < -0.3 is 0 Å². The first-order valence-electron chi connectivity index (χ1n) is 7.58. The first-order valence-corrected chi connectivity index (χ1v) is 9.38. The molecule has 26 heavy (non-hydrogen) atoms. The van der Waals surface area contributed by atoms with E-state index < -0.39 is 12.2 Å². The lowest BCUT2D eigenvalue weighted by molar-refractivity contribution is 0.150. The van der Waals surface area contributed by atoms with Gasteiger partial charge >= 0.3 is 0 Å². The summed E-state index contributed by atoms with van der Waals surface area (Å²) in [4.78, 5) is 0.722. The minimum absolute atomic E-state index is 0.220. The number of halogens is 3. The molecule has 0 fully saturated rings. The second-order valence-electron chi connectivity index (χ2n) is 5.42.